The molecule has 0 aromatic heterocycles. The third-order valence-corrected chi connectivity index (χ3v) is 3.03. The Morgan fingerprint density at radius 3 is 2.62 bits per heavy atom. The summed E-state index contributed by atoms with van der Waals surface area (Å²) in [6, 6.07) is -0.411. The van der Waals surface area contributed by atoms with Crippen molar-refractivity contribution in [1.82, 2.24) is 5.32 Å². The standard InChI is InChI=1S/C10H15NO5/c12-9(6-1-2-15-3-6)11-8-5-16-4-7(8)10(13)14/h6-8H,1-5H2,(H,11,12)(H,13,14). The Bertz CT molecular complexity index is 287. The molecule has 0 aliphatic carbocycles. The van der Waals surface area contributed by atoms with E-state index in [0.717, 1.165) is 0 Å². The first-order valence-electron chi connectivity index (χ1n) is 5.37. The second-order valence-corrected chi connectivity index (χ2v) is 4.16. The lowest BCUT2D eigenvalue weighted by molar-refractivity contribution is -0.142. The van der Waals surface area contributed by atoms with Crippen LogP contribution in [0.5, 0.6) is 0 Å². The number of ether oxygens (including phenoxy) is 2. The molecule has 0 radical (unpaired) electrons. The SMILES string of the molecule is O=C(NC1COCC1C(=O)O)C1CCOC1. The lowest BCUT2D eigenvalue weighted by atomic mass is 10.0. The molecule has 3 atom stereocenters. The molecule has 2 saturated heterocycles. The van der Waals surface area contributed by atoms with Crippen molar-refractivity contribution in [2.75, 3.05) is 26.4 Å². The molecule has 1 amide bonds. The largest absolute Gasteiger partial charge is 0.481 e. The van der Waals surface area contributed by atoms with E-state index in [2.05, 4.69) is 5.32 Å². The second-order valence-electron chi connectivity index (χ2n) is 4.16. The minimum Gasteiger partial charge on any atom is -0.481 e. The van der Waals surface area contributed by atoms with E-state index in [1.54, 1.807) is 0 Å². The number of nitrogens with one attached hydrogen (secondary N) is 1. The van der Waals surface area contributed by atoms with E-state index in [0.29, 0.717) is 19.6 Å². The Labute approximate surface area is 92.9 Å². The highest BCUT2D eigenvalue weighted by Gasteiger charge is 2.36. The van der Waals surface area contributed by atoms with Crippen LogP contribution in [-0.2, 0) is 19.1 Å². The quantitative estimate of drug-likeness (QED) is 0.664. The molecule has 2 aliphatic rings. The monoisotopic (exact) mass is 229 g/mol. The van der Waals surface area contributed by atoms with Crippen LogP contribution in [0.25, 0.3) is 0 Å². The molecule has 2 aliphatic heterocycles. The van der Waals surface area contributed by atoms with Gasteiger partial charge in [0.2, 0.25) is 5.91 Å². The van der Waals surface area contributed by atoms with Gasteiger partial charge in [0.1, 0.15) is 5.92 Å². The van der Waals surface area contributed by atoms with Gasteiger partial charge >= 0.3 is 5.97 Å². The van der Waals surface area contributed by atoms with Crippen molar-refractivity contribution in [1.29, 1.82) is 0 Å². The fourth-order valence-electron chi connectivity index (χ4n) is 1.98. The fraction of sp³-hybridized carbons (Fsp3) is 0.800. The van der Waals surface area contributed by atoms with Crippen molar-refractivity contribution < 1.29 is 24.2 Å². The Hall–Kier alpha value is -1.14. The average molecular weight is 229 g/mol. The van der Waals surface area contributed by atoms with Gasteiger partial charge in [-0.15, -0.1) is 0 Å². The number of carbonyl (C=O) groups is 2. The molecule has 90 valence electrons. The number of carboxylic acid groups (broad SMARTS) is 1. The van der Waals surface area contributed by atoms with Crippen molar-refractivity contribution in [2.45, 2.75) is 12.5 Å². The Kier molecular flexibility index (Phi) is 3.40. The molecule has 0 aromatic rings. The van der Waals surface area contributed by atoms with Gasteiger partial charge in [0, 0.05) is 6.61 Å². The summed E-state index contributed by atoms with van der Waals surface area (Å²) in [6.07, 6.45) is 0.706. The van der Waals surface area contributed by atoms with Gasteiger partial charge in [0.15, 0.2) is 0 Å². The van der Waals surface area contributed by atoms with E-state index in [1.165, 1.54) is 0 Å². The van der Waals surface area contributed by atoms with Gasteiger partial charge in [0.05, 0.1) is 31.8 Å². The first kappa shape index (κ1) is 11.3. The minimum atomic E-state index is -0.925. The Morgan fingerprint density at radius 2 is 2.00 bits per heavy atom. The topological polar surface area (TPSA) is 84.9 Å². The summed E-state index contributed by atoms with van der Waals surface area (Å²) >= 11 is 0. The van der Waals surface area contributed by atoms with Gasteiger partial charge in [-0.3, -0.25) is 9.59 Å². The van der Waals surface area contributed by atoms with Gasteiger partial charge in [0.25, 0.3) is 0 Å². The van der Waals surface area contributed by atoms with Crippen LogP contribution in [0.15, 0.2) is 0 Å². The number of carbonyl (C=O) groups excluding carboxylic acids is 1. The van der Waals surface area contributed by atoms with Gasteiger partial charge in [-0.2, -0.15) is 0 Å². The zero-order valence-electron chi connectivity index (χ0n) is 8.85. The number of rotatable bonds is 3. The third kappa shape index (κ3) is 2.33. The summed E-state index contributed by atoms with van der Waals surface area (Å²) in [4.78, 5) is 22.6. The smallest absolute Gasteiger partial charge is 0.311 e. The van der Waals surface area contributed by atoms with E-state index >= 15 is 0 Å². The average Bonchev–Trinajstić information content (AvgIpc) is 2.86. The first-order chi connectivity index (χ1) is 7.68. The van der Waals surface area contributed by atoms with Gasteiger partial charge in [-0.1, -0.05) is 0 Å². The Morgan fingerprint density at radius 1 is 1.19 bits per heavy atom. The van der Waals surface area contributed by atoms with Crippen LogP contribution in [0.4, 0.5) is 0 Å². The summed E-state index contributed by atoms with van der Waals surface area (Å²) in [5, 5.41) is 11.6. The molecule has 6 heteroatoms. The van der Waals surface area contributed by atoms with Gasteiger partial charge < -0.3 is 19.9 Å². The molecule has 2 heterocycles. The molecule has 16 heavy (non-hydrogen) atoms. The fourth-order valence-corrected chi connectivity index (χ4v) is 1.98. The molecular formula is C10H15NO5. The molecule has 2 rings (SSSR count). The van der Waals surface area contributed by atoms with E-state index in [-0.39, 0.29) is 25.0 Å². The highest BCUT2D eigenvalue weighted by Crippen LogP contribution is 2.17. The minimum absolute atomic E-state index is 0.126. The third-order valence-electron chi connectivity index (χ3n) is 3.03. The van der Waals surface area contributed by atoms with E-state index in [9.17, 15) is 9.59 Å². The summed E-state index contributed by atoms with van der Waals surface area (Å²) in [6.45, 7) is 1.47. The predicted molar refractivity (Wildman–Crippen MR) is 52.8 cm³/mol. The number of hydrogen-bond acceptors (Lipinski definition) is 4. The number of carboxylic acids is 1. The lowest BCUT2D eigenvalue weighted by Crippen LogP contribution is -2.45. The van der Waals surface area contributed by atoms with Crippen LogP contribution >= 0.6 is 0 Å². The molecule has 0 saturated carbocycles. The van der Waals surface area contributed by atoms with E-state index < -0.39 is 17.9 Å². The van der Waals surface area contributed by atoms with Crippen LogP contribution in [0, 0.1) is 11.8 Å². The van der Waals surface area contributed by atoms with Crippen molar-refractivity contribution >= 4 is 11.9 Å². The summed E-state index contributed by atoms with van der Waals surface area (Å²) < 4.78 is 10.2. The van der Waals surface area contributed by atoms with Gasteiger partial charge in [-0.25, -0.2) is 0 Å². The molecule has 2 N–H and O–H groups in total. The summed E-state index contributed by atoms with van der Waals surface area (Å²) in [7, 11) is 0. The maximum absolute atomic E-state index is 11.7. The highest BCUT2D eigenvalue weighted by atomic mass is 16.5. The Balaban J connectivity index is 1.88. The zero-order valence-corrected chi connectivity index (χ0v) is 8.85. The van der Waals surface area contributed by atoms with Gasteiger partial charge in [-0.05, 0) is 6.42 Å². The van der Waals surface area contributed by atoms with Crippen molar-refractivity contribution in [3.05, 3.63) is 0 Å². The van der Waals surface area contributed by atoms with Crippen LogP contribution in [-0.4, -0.2) is 49.5 Å². The van der Waals surface area contributed by atoms with Crippen molar-refractivity contribution in [3.63, 3.8) is 0 Å². The lowest BCUT2D eigenvalue weighted by Gasteiger charge is -2.17. The molecular weight excluding hydrogens is 214 g/mol. The van der Waals surface area contributed by atoms with Crippen LogP contribution in [0.1, 0.15) is 6.42 Å². The normalized spacial score (nSPS) is 33.9. The predicted octanol–water partition coefficient (Wildman–Crippen LogP) is -0.761. The number of amides is 1. The maximum Gasteiger partial charge on any atom is 0.311 e. The van der Waals surface area contributed by atoms with Crippen LogP contribution in [0.2, 0.25) is 0 Å². The summed E-state index contributed by atoms with van der Waals surface area (Å²) in [5.41, 5.74) is 0. The molecule has 2 fully saturated rings. The van der Waals surface area contributed by atoms with Crippen molar-refractivity contribution in [2.24, 2.45) is 11.8 Å². The molecule has 0 bridgehead atoms. The first-order valence-corrected chi connectivity index (χ1v) is 5.37. The molecule has 0 spiro atoms. The van der Waals surface area contributed by atoms with E-state index in [4.69, 9.17) is 14.6 Å². The zero-order chi connectivity index (χ0) is 11.5. The number of aliphatic carboxylic acids is 1. The van der Waals surface area contributed by atoms with Crippen LogP contribution < -0.4 is 5.32 Å². The second kappa shape index (κ2) is 4.80. The maximum atomic E-state index is 11.7. The molecule has 6 nitrogen and oxygen atoms in total. The highest BCUT2D eigenvalue weighted by molar-refractivity contribution is 5.80. The molecule has 3 unspecified atom stereocenters. The van der Waals surface area contributed by atoms with Crippen molar-refractivity contribution in [3.8, 4) is 0 Å². The van der Waals surface area contributed by atoms with Crippen LogP contribution in [0.3, 0.4) is 0 Å². The van der Waals surface area contributed by atoms with E-state index in [1.807, 2.05) is 0 Å². The summed E-state index contributed by atoms with van der Waals surface area (Å²) in [5.74, 6) is -1.83. The number of hydrogen-bond donors (Lipinski definition) is 2. The molecule has 0 aromatic carbocycles.